The second kappa shape index (κ2) is 7.02. The molecule has 0 bridgehead atoms. The van der Waals surface area contributed by atoms with Crippen molar-refractivity contribution in [3.05, 3.63) is 29.8 Å². The summed E-state index contributed by atoms with van der Waals surface area (Å²) in [6.45, 7) is 7.62. The topological polar surface area (TPSA) is 73.6 Å². The monoisotopic (exact) mass is 263 g/mol. The average molecular weight is 263 g/mol. The maximum absolute atomic E-state index is 5.47. The van der Waals surface area contributed by atoms with Crippen LogP contribution in [0.5, 0.6) is 5.75 Å². The van der Waals surface area contributed by atoms with E-state index < -0.39 is 0 Å². The van der Waals surface area contributed by atoms with Crippen molar-refractivity contribution in [3.63, 3.8) is 0 Å². The van der Waals surface area contributed by atoms with Gasteiger partial charge in [0.2, 0.25) is 0 Å². The molecule has 4 nitrogen and oxygen atoms in total. The van der Waals surface area contributed by atoms with Crippen LogP contribution in [0, 0.1) is 0 Å². The third kappa shape index (κ3) is 3.88. The molecule has 0 aliphatic rings. The molecule has 0 amide bonds. The van der Waals surface area contributed by atoms with Crippen molar-refractivity contribution in [3.8, 4) is 5.75 Å². The Balaban J connectivity index is 3.00. The highest BCUT2D eigenvalue weighted by atomic mass is 16.5. The van der Waals surface area contributed by atoms with E-state index in [0.717, 1.165) is 18.6 Å². The van der Waals surface area contributed by atoms with Gasteiger partial charge in [-0.25, -0.2) is 0 Å². The molecule has 0 saturated heterocycles. The maximum Gasteiger partial charge on any atom is 0.185 e. The fraction of sp³-hybridized carbons (Fsp3) is 0.533. The second-order valence-corrected chi connectivity index (χ2v) is 4.69. The number of guanidine groups is 1. The molecule has 0 saturated carbocycles. The predicted octanol–water partition coefficient (Wildman–Crippen LogP) is 2.42. The maximum atomic E-state index is 5.47. The molecule has 0 aliphatic heterocycles. The van der Waals surface area contributed by atoms with Crippen LogP contribution in [0.4, 0.5) is 0 Å². The van der Waals surface area contributed by atoms with Crippen LogP contribution in [0.15, 0.2) is 29.3 Å². The van der Waals surface area contributed by atoms with Gasteiger partial charge in [0.05, 0.1) is 13.2 Å². The molecule has 0 fully saturated rings. The Morgan fingerprint density at radius 1 is 1.11 bits per heavy atom. The molecule has 0 heterocycles. The van der Waals surface area contributed by atoms with E-state index >= 15 is 0 Å². The van der Waals surface area contributed by atoms with Crippen LogP contribution in [0.3, 0.4) is 0 Å². The minimum Gasteiger partial charge on any atom is -0.494 e. The zero-order valence-electron chi connectivity index (χ0n) is 12.1. The van der Waals surface area contributed by atoms with E-state index in [1.807, 2.05) is 19.1 Å². The molecule has 0 radical (unpaired) electrons. The highest BCUT2D eigenvalue weighted by Crippen LogP contribution is 2.33. The number of nitrogens with zero attached hydrogens (tertiary/aromatic N) is 1. The van der Waals surface area contributed by atoms with E-state index in [1.165, 1.54) is 5.56 Å². The van der Waals surface area contributed by atoms with E-state index in [0.29, 0.717) is 13.2 Å². The molecule has 0 aromatic heterocycles. The first kappa shape index (κ1) is 15.3. The fourth-order valence-corrected chi connectivity index (χ4v) is 2.29. The minimum atomic E-state index is -0.00522. The smallest absolute Gasteiger partial charge is 0.185 e. The molecule has 0 unspecified atom stereocenters. The van der Waals surface area contributed by atoms with Gasteiger partial charge in [0.15, 0.2) is 5.96 Å². The van der Waals surface area contributed by atoms with Gasteiger partial charge < -0.3 is 16.2 Å². The zero-order valence-corrected chi connectivity index (χ0v) is 12.1. The molecule has 1 aromatic rings. The Morgan fingerprint density at radius 3 is 2.11 bits per heavy atom. The van der Waals surface area contributed by atoms with Crippen molar-refractivity contribution in [1.29, 1.82) is 0 Å². The number of nitrogens with two attached hydrogens (primary N) is 2. The van der Waals surface area contributed by atoms with Gasteiger partial charge in [-0.2, -0.15) is 0 Å². The van der Waals surface area contributed by atoms with Gasteiger partial charge in [-0.05, 0) is 37.5 Å². The first-order valence-electron chi connectivity index (χ1n) is 6.86. The fourth-order valence-electron chi connectivity index (χ4n) is 2.29. The highest BCUT2D eigenvalue weighted by molar-refractivity contribution is 5.75. The van der Waals surface area contributed by atoms with Crippen molar-refractivity contribution in [2.75, 3.05) is 13.2 Å². The molecule has 106 valence electrons. The Kier molecular flexibility index (Phi) is 5.67. The third-order valence-corrected chi connectivity index (χ3v) is 3.70. The van der Waals surface area contributed by atoms with Gasteiger partial charge in [0.25, 0.3) is 0 Å². The van der Waals surface area contributed by atoms with E-state index in [2.05, 4.69) is 31.0 Å². The van der Waals surface area contributed by atoms with Crippen LogP contribution in [0.25, 0.3) is 0 Å². The van der Waals surface area contributed by atoms with Crippen LogP contribution in [-0.4, -0.2) is 19.1 Å². The molecule has 4 N–H and O–H groups in total. The molecule has 0 aliphatic carbocycles. The van der Waals surface area contributed by atoms with E-state index in [-0.39, 0.29) is 11.4 Å². The highest BCUT2D eigenvalue weighted by Gasteiger charge is 2.28. The summed E-state index contributed by atoms with van der Waals surface area (Å²) in [5, 5.41) is 0. The van der Waals surface area contributed by atoms with Gasteiger partial charge in [-0.15, -0.1) is 0 Å². The van der Waals surface area contributed by atoms with Gasteiger partial charge in [0.1, 0.15) is 5.75 Å². The molecule has 4 heteroatoms. The number of aliphatic imine (C=N–C) groups is 1. The zero-order chi connectivity index (χ0) is 14.3. The first-order chi connectivity index (χ1) is 9.07. The number of ether oxygens (including phenoxy) is 1. The normalized spacial score (nSPS) is 11.1. The Morgan fingerprint density at radius 2 is 1.68 bits per heavy atom. The van der Waals surface area contributed by atoms with Crippen molar-refractivity contribution in [1.82, 2.24) is 0 Å². The lowest BCUT2D eigenvalue weighted by Gasteiger charge is -2.30. The minimum absolute atomic E-state index is 0.00522. The number of hydrogen-bond donors (Lipinski definition) is 2. The molecule has 19 heavy (non-hydrogen) atoms. The van der Waals surface area contributed by atoms with Crippen LogP contribution < -0.4 is 16.2 Å². The molecular weight excluding hydrogens is 238 g/mol. The lowest BCUT2D eigenvalue weighted by molar-refractivity contribution is 0.339. The molecule has 0 spiro atoms. The summed E-state index contributed by atoms with van der Waals surface area (Å²) in [7, 11) is 0. The summed E-state index contributed by atoms with van der Waals surface area (Å²) in [6, 6.07) is 8.24. The summed E-state index contributed by atoms with van der Waals surface area (Å²) in [5.74, 6) is 1.05. The Labute approximate surface area is 115 Å². The number of rotatable bonds is 7. The summed E-state index contributed by atoms with van der Waals surface area (Å²) in [5.41, 5.74) is 12.2. The van der Waals surface area contributed by atoms with Crippen LogP contribution in [-0.2, 0) is 5.41 Å². The predicted molar refractivity (Wildman–Crippen MR) is 80.5 cm³/mol. The van der Waals surface area contributed by atoms with Crippen molar-refractivity contribution in [2.45, 2.75) is 39.0 Å². The third-order valence-electron chi connectivity index (χ3n) is 3.70. The summed E-state index contributed by atoms with van der Waals surface area (Å²) in [6.07, 6.45) is 1.99. The van der Waals surface area contributed by atoms with Crippen LogP contribution >= 0.6 is 0 Å². The second-order valence-electron chi connectivity index (χ2n) is 4.69. The van der Waals surface area contributed by atoms with E-state index in [9.17, 15) is 0 Å². The summed E-state index contributed by atoms with van der Waals surface area (Å²) in [4.78, 5) is 4.21. The number of benzene rings is 1. The summed E-state index contributed by atoms with van der Waals surface area (Å²) < 4.78 is 5.47. The Hall–Kier alpha value is -1.71. The SMILES string of the molecule is CCOc1ccc(C(CC)(CC)CN=C(N)N)cc1. The lowest BCUT2D eigenvalue weighted by Crippen LogP contribution is -2.31. The van der Waals surface area contributed by atoms with Gasteiger partial charge in [0, 0.05) is 5.41 Å². The number of hydrogen-bond acceptors (Lipinski definition) is 2. The van der Waals surface area contributed by atoms with Crippen LogP contribution in [0.1, 0.15) is 39.2 Å². The summed E-state index contributed by atoms with van der Waals surface area (Å²) >= 11 is 0. The van der Waals surface area contributed by atoms with Crippen LogP contribution in [0.2, 0.25) is 0 Å². The largest absolute Gasteiger partial charge is 0.494 e. The lowest BCUT2D eigenvalue weighted by atomic mass is 9.76. The van der Waals surface area contributed by atoms with Gasteiger partial charge in [-0.1, -0.05) is 26.0 Å². The standard InChI is InChI=1S/C15H25N3O/c1-4-15(5-2,11-18-14(16)17)12-7-9-13(10-8-12)19-6-3/h7-10H,4-6,11H2,1-3H3,(H4,16,17,18). The molecular formula is C15H25N3O. The van der Waals surface area contributed by atoms with Gasteiger partial charge >= 0.3 is 0 Å². The van der Waals surface area contributed by atoms with Gasteiger partial charge in [-0.3, -0.25) is 4.99 Å². The molecule has 1 aromatic carbocycles. The van der Waals surface area contributed by atoms with Crippen molar-refractivity contribution < 1.29 is 4.74 Å². The first-order valence-corrected chi connectivity index (χ1v) is 6.86. The van der Waals surface area contributed by atoms with Crippen molar-refractivity contribution in [2.24, 2.45) is 16.5 Å². The average Bonchev–Trinajstić information content (AvgIpc) is 2.42. The van der Waals surface area contributed by atoms with E-state index in [4.69, 9.17) is 16.2 Å². The molecule has 0 atom stereocenters. The van der Waals surface area contributed by atoms with Crippen molar-refractivity contribution >= 4 is 5.96 Å². The van der Waals surface area contributed by atoms with E-state index in [1.54, 1.807) is 0 Å². The molecule has 1 rings (SSSR count). The Bertz CT molecular complexity index is 404. The quantitative estimate of drug-likeness (QED) is 0.586.